The second-order valence-electron chi connectivity index (χ2n) is 6.37. The lowest BCUT2D eigenvalue weighted by Gasteiger charge is -2.14. The van der Waals surface area contributed by atoms with Crippen LogP contribution in [0, 0.1) is 5.82 Å². The largest absolute Gasteiger partial charge is 0.392 e. The van der Waals surface area contributed by atoms with Gasteiger partial charge in [0, 0.05) is 20.3 Å². The number of hydrogen-bond donors (Lipinski definition) is 2. The zero-order chi connectivity index (χ0) is 18.8. The van der Waals surface area contributed by atoms with Crippen molar-refractivity contribution in [1.82, 2.24) is 5.32 Å². The molecule has 1 aliphatic carbocycles. The summed E-state index contributed by atoms with van der Waals surface area (Å²) >= 11 is 0. The Morgan fingerprint density at radius 3 is 2.62 bits per heavy atom. The molecule has 0 radical (unpaired) electrons. The molecule has 0 aliphatic heterocycles. The Labute approximate surface area is 155 Å². The molecule has 26 heavy (non-hydrogen) atoms. The predicted octanol–water partition coefficient (Wildman–Crippen LogP) is 3.91. The molecule has 3 rings (SSSR count). The second kappa shape index (κ2) is 10.9. The molecule has 3 nitrogen and oxygen atoms in total. The summed E-state index contributed by atoms with van der Waals surface area (Å²) in [7, 11) is 3.25. The van der Waals surface area contributed by atoms with E-state index in [1.807, 2.05) is 18.2 Å². The van der Waals surface area contributed by atoms with Crippen LogP contribution < -0.4 is 5.32 Å². The highest BCUT2D eigenvalue weighted by Crippen LogP contribution is 2.32. The molecule has 0 saturated carbocycles. The third-order valence-corrected chi connectivity index (χ3v) is 4.38. The van der Waals surface area contributed by atoms with E-state index in [1.54, 1.807) is 20.3 Å². The van der Waals surface area contributed by atoms with Crippen LogP contribution in [0.25, 0.3) is 6.08 Å². The molecule has 0 saturated heterocycles. The molecular weight excluding hydrogens is 329 g/mol. The second-order valence-corrected chi connectivity index (χ2v) is 6.37. The maximum atomic E-state index is 12.9. The molecule has 1 unspecified atom stereocenters. The number of benzene rings is 2. The summed E-state index contributed by atoms with van der Waals surface area (Å²) in [6, 6.07) is 13.6. The fourth-order valence-corrected chi connectivity index (χ4v) is 3.18. The first-order valence-corrected chi connectivity index (χ1v) is 8.96. The van der Waals surface area contributed by atoms with Gasteiger partial charge in [-0.1, -0.05) is 42.5 Å². The van der Waals surface area contributed by atoms with Gasteiger partial charge in [0.05, 0.1) is 6.61 Å². The number of aliphatic hydroxyl groups excluding tert-OH is 1. The van der Waals surface area contributed by atoms with E-state index in [0.717, 1.165) is 36.9 Å². The van der Waals surface area contributed by atoms with Gasteiger partial charge in [0.25, 0.3) is 0 Å². The molecule has 140 valence electrons. The van der Waals surface area contributed by atoms with Gasteiger partial charge in [-0.05, 0) is 60.2 Å². The van der Waals surface area contributed by atoms with E-state index >= 15 is 0 Å². The van der Waals surface area contributed by atoms with E-state index in [4.69, 9.17) is 5.11 Å². The molecule has 0 heterocycles. The first kappa shape index (κ1) is 20.3. The lowest BCUT2D eigenvalue weighted by atomic mass is 10.0. The normalized spacial score (nSPS) is 15.6. The molecule has 1 atom stereocenters. The lowest BCUT2D eigenvalue weighted by molar-refractivity contribution is 0.277. The zero-order valence-electron chi connectivity index (χ0n) is 15.5. The molecule has 0 bridgehead atoms. The molecule has 1 aliphatic rings. The Morgan fingerprint density at radius 1 is 1.19 bits per heavy atom. The summed E-state index contributed by atoms with van der Waals surface area (Å²) in [6.07, 6.45) is 6.82. The van der Waals surface area contributed by atoms with Crippen molar-refractivity contribution in [2.75, 3.05) is 27.4 Å². The number of methoxy groups -OCH3 is 1. The van der Waals surface area contributed by atoms with Gasteiger partial charge in [-0.25, -0.2) is 4.39 Å². The number of aryl methyl sites for hydroxylation is 1. The van der Waals surface area contributed by atoms with Crippen LogP contribution >= 0.6 is 0 Å². The van der Waals surface area contributed by atoms with Crippen molar-refractivity contribution in [3.05, 3.63) is 76.6 Å². The van der Waals surface area contributed by atoms with Crippen molar-refractivity contribution in [3.63, 3.8) is 0 Å². The quantitative estimate of drug-likeness (QED) is 0.823. The summed E-state index contributed by atoms with van der Waals surface area (Å²) in [4.78, 5) is 0. The van der Waals surface area contributed by atoms with Crippen LogP contribution in [0.1, 0.15) is 34.7 Å². The number of nitrogens with one attached hydrogen (secondary N) is 1. The zero-order valence-corrected chi connectivity index (χ0v) is 15.5. The van der Waals surface area contributed by atoms with Crippen molar-refractivity contribution in [2.45, 2.75) is 25.3 Å². The highest BCUT2D eigenvalue weighted by atomic mass is 19.1. The minimum atomic E-state index is -0.183. The van der Waals surface area contributed by atoms with Gasteiger partial charge >= 0.3 is 0 Å². The first-order chi connectivity index (χ1) is 12.7. The summed E-state index contributed by atoms with van der Waals surface area (Å²) in [6.45, 7) is 0.965. The number of ether oxygens (including phenoxy) is 1. The Hall–Kier alpha value is -2.01. The fraction of sp³-hybridized carbons (Fsp3) is 0.364. The number of halogens is 1. The molecule has 2 aromatic rings. The van der Waals surface area contributed by atoms with E-state index in [0.29, 0.717) is 6.04 Å². The van der Waals surface area contributed by atoms with Crippen molar-refractivity contribution in [1.29, 1.82) is 0 Å². The predicted molar refractivity (Wildman–Crippen MR) is 105 cm³/mol. The monoisotopic (exact) mass is 357 g/mol. The van der Waals surface area contributed by atoms with Crippen LogP contribution in [-0.4, -0.2) is 32.5 Å². The van der Waals surface area contributed by atoms with Crippen LogP contribution in [0.4, 0.5) is 4.39 Å². The molecule has 4 heteroatoms. The summed E-state index contributed by atoms with van der Waals surface area (Å²) < 4.78 is 17.1. The van der Waals surface area contributed by atoms with Crippen LogP contribution in [0.2, 0.25) is 0 Å². The SMILES string of the molecule is COC.OC/C=C/c1ccc2c(c1)CCC2NCCc1ccc(F)cc1. The average molecular weight is 357 g/mol. The van der Waals surface area contributed by atoms with Crippen molar-refractivity contribution < 1.29 is 14.2 Å². The standard InChI is InChI=1S/C20H22FNO.C2H6O/c21-18-7-3-15(4-8-18)11-12-22-20-10-6-17-14-16(2-1-13-23)5-9-19(17)20;1-3-2/h1-5,7-9,14,20,22-23H,6,10-13H2;1-2H3/b2-1+;. The van der Waals surface area contributed by atoms with E-state index in [9.17, 15) is 4.39 Å². The van der Waals surface area contributed by atoms with Gasteiger partial charge in [-0.2, -0.15) is 0 Å². The minimum absolute atomic E-state index is 0.0741. The van der Waals surface area contributed by atoms with Gasteiger partial charge in [0.2, 0.25) is 0 Å². The van der Waals surface area contributed by atoms with Crippen molar-refractivity contribution >= 4 is 6.08 Å². The van der Waals surface area contributed by atoms with E-state index in [-0.39, 0.29) is 12.4 Å². The third kappa shape index (κ3) is 6.06. The van der Waals surface area contributed by atoms with Crippen LogP contribution in [0.5, 0.6) is 0 Å². The summed E-state index contributed by atoms with van der Waals surface area (Å²) in [5.41, 5.74) is 5.07. The van der Waals surface area contributed by atoms with Gasteiger partial charge in [-0.15, -0.1) is 0 Å². The highest BCUT2D eigenvalue weighted by Gasteiger charge is 2.21. The summed E-state index contributed by atoms with van der Waals surface area (Å²) in [5, 5.41) is 12.5. The molecule has 0 spiro atoms. The van der Waals surface area contributed by atoms with Gasteiger partial charge in [0.15, 0.2) is 0 Å². The minimum Gasteiger partial charge on any atom is -0.392 e. The maximum absolute atomic E-state index is 12.9. The van der Waals surface area contributed by atoms with Gasteiger partial charge < -0.3 is 15.2 Å². The highest BCUT2D eigenvalue weighted by molar-refractivity contribution is 5.53. The first-order valence-electron chi connectivity index (χ1n) is 8.96. The Balaban J connectivity index is 0.000000758. The Kier molecular flexibility index (Phi) is 8.48. The topological polar surface area (TPSA) is 41.5 Å². The Bertz CT molecular complexity index is 698. The third-order valence-electron chi connectivity index (χ3n) is 4.38. The molecule has 2 aromatic carbocycles. The van der Waals surface area contributed by atoms with Crippen LogP contribution in [0.15, 0.2) is 48.5 Å². The molecule has 0 fully saturated rings. The van der Waals surface area contributed by atoms with Gasteiger partial charge in [0.1, 0.15) is 5.82 Å². The number of rotatable bonds is 6. The van der Waals surface area contributed by atoms with Crippen LogP contribution in [-0.2, 0) is 17.6 Å². The van der Waals surface area contributed by atoms with Crippen molar-refractivity contribution in [3.8, 4) is 0 Å². The summed E-state index contributed by atoms with van der Waals surface area (Å²) in [5.74, 6) is -0.183. The van der Waals surface area contributed by atoms with E-state index in [2.05, 4.69) is 28.3 Å². The number of aliphatic hydroxyl groups is 1. The number of hydrogen-bond acceptors (Lipinski definition) is 3. The molecule has 0 aromatic heterocycles. The molecule has 2 N–H and O–H groups in total. The molecular formula is C22H28FNO2. The van der Waals surface area contributed by atoms with Gasteiger partial charge in [-0.3, -0.25) is 0 Å². The molecule has 0 amide bonds. The fourth-order valence-electron chi connectivity index (χ4n) is 3.18. The van der Waals surface area contributed by atoms with E-state index in [1.165, 1.54) is 23.3 Å². The lowest BCUT2D eigenvalue weighted by Crippen LogP contribution is -2.21. The van der Waals surface area contributed by atoms with Crippen molar-refractivity contribution in [2.24, 2.45) is 0 Å². The average Bonchev–Trinajstić information content (AvgIpc) is 3.05. The number of fused-ring (bicyclic) bond motifs is 1. The Morgan fingerprint density at radius 2 is 1.92 bits per heavy atom. The van der Waals surface area contributed by atoms with E-state index < -0.39 is 0 Å². The smallest absolute Gasteiger partial charge is 0.123 e. The maximum Gasteiger partial charge on any atom is 0.123 e. The van der Waals surface area contributed by atoms with Crippen LogP contribution in [0.3, 0.4) is 0 Å².